The summed E-state index contributed by atoms with van der Waals surface area (Å²) in [7, 11) is -15.6. The highest BCUT2D eigenvalue weighted by Gasteiger charge is 2.31. The molecule has 66 heavy (non-hydrogen) atoms. The van der Waals surface area contributed by atoms with Gasteiger partial charge in [-0.05, 0) is 166 Å². The molecule has 0 aliphatic heterocycles. The number of rotatable bonds is 24. The fourth-order valence-electron chi connectivity index (χ4n) is 9.70. The highest BCUT2D eigenvalue weighted by molar-refractivity contribution is 7.90. The molecule has 0 spiro atoms. The molecular formula is C50H74N4O8S4. The molecule has 0 aromatic heterocycles. The van der Waals surface area contributed by atoms with Crippen LogP contribution in [-0.2, 0) is 40.1 Å². The van der Waals surface area contributed by atoms with Gasteiger partial charge in [0.1, 0.15) is 0 Å². The molecular weight excluding hydrogens is 913 g/mol. The van der Waals surface area contributed by atoms with Crippen LogP contribution in [0.5, 0.6) is 0 Å². The van der Waals surface area contributed by atoms with Gasteiger partial charge in [0.15, 0.2) is 0 Å². The molecule has 0 fully saturated rings. The first-order valence-electron chi connectivity index (χ1n) is 23.0. The molecule has 0 radical (unpaired) electrons. The zero-order valence-electron chi connectivity index (χ0n) is 41.6. The van der Waals surface area contributed by atoms with E-state index < -0.39 is 40.1 Å². The lowest BCUT2D eigenvalue weighted by atomic mass is 10.1. The molecule has 0 bridgehead atoms. The Hall–Kier alpha value is -3.48. The molecule has 0 heterocycles. The Morgan fingerprint density at radius 3 is 0.848 bits per heavy atom. The van der Waals surface area contributed by atoms with Crippen molar-refractivity contribution in [3.05, 3.63) is 115 Å². The number of hydrogen-bond donors (Lipinski definition) is 1. The minimum atomic E-state index is -4.01. The number of nitrogens with one attached hydrogen (secondary N) is 1. The third-order valence-electron chi connectivity index (χ3n) is 12.1. The van der Waals surface area contributed by atoms with Gasteiger partial charge in [-0.3, -0.25) is 0 Å². The van der Waals surface area contributed by atoms with Gasteiger partial charge < -0.3 is 0 Å². The number of unbranched alkanes of at least 4 members (excludes halogenated alkanes) is 3. The fourth-order valence-corrected chi connectivity index (χ4v) is 17.0. The largest absolute Gasteiger partial charge is 0.243 e. The van der Waals surface area contributed by atoms with Crippen molar-refractivity contribution in [1.82, 2.24) is 17.6 Å². The summed E-state index contributed by atoms with van der Waals surface area (Å²) in [4.78, 5) is 1.05. The molecule has 0 unspecified atom stereocenters. The first-order chi connectivity index (χ1) is 30.7. The first-order valence-corrected chi connectivity index (χ1v) is 28.8. The molecule has 1 N–H and O–H groups in total. The maximum atomic E-state index is 14.6. The SMILES string of the molecule is CCN(CCCCN(CCCCN(CCCCNS(=O)(=O)c1c(C)cc(C)cc1C)S(=O)(=O)c1c(C)cc(C)cc1C)S(=O)(=O)c1c(C)cc(C)cc1C)S(=O)(=O)c1c(C)cc(C)cc1C. The molecule has 366 valence electrons. The Labute approximate surface area is 398 Å². The van der Waals surface area contributed by atoms with Crippen molar-refractivity contribution in [2.45, 2.75) is 148 Å². The fraction of sp³-hybridized carbons (Fsp3) is 0.520. The first kappa shape index (κ1) is 55.1. The zero-order chi connectivity index (χ0) is 49.5. The van der Waals surface area contributed by atoms with Crippen molar-refractivity contribution < 1.29 is 33.7 Å². The summed E-state index contributed by atoms with van der Waals surface area (Å²) in [5, 5.41) is 0. The van der Waals surface area contributed by atoms with Gasteiger partial charge in [0.2, 0.25) is 40.1 Å². The summed E-state index contributed by atoms with van der Waals surface area (Å²) in [5.41, 5.74) is 9.10. The minimum Gasteiger partial charge on any atom is -0.211 e. The Morgan fingerprint density at radius 1 is 0.348 bits per heavy atom. The Kier molecular flexibility index (Phi) is 19.0. The normalized spacial score (nSPS) is 12.8. The van der Waals surface area contributed by atoms with Crippen LogP contribution in [0.1, 0.15) is 112 Å². The summed E-state index contributed by atoms with van der Waals surface area (Å²) < 4.78 is 120. The van der Waals surface area contributed by atoms with Crippen LogP contribution in [0.4, 0.5) is 0 Å². The van der Waals surface area contributed by atoms with E-state index in [0.717, 1.165) is 22.3 Å². The molecule has 0 saturated heterocycles. The number of nitrogens with zero attached hydrogens (tertiary/aromatic N) is 3. The lowest BCUT2D eigenvalue weighted by molar-refractivity contribution is 0.351. The summed E-state index contributed by atoms with van der Waals surface area (Å²) in [5.74, 6) is 0. The summed E-state index contributed by atoms with van der Waals surface area (Å²) in [6.45, 7) is 25.0. The maximum Gasteiger partial charge on any atom is 0.243 e. The van der Waals surface area contributed by atoms with Gasteiger partial charge in [0.05, 0.1) is 19.6 Å². The molecule has 0 amide bonds. The van der Waals surface area contributed by atoms with Crippen LogP contribution in [0.2, 0.25) is 0 Å². The van der Waals surface area contributed by atoms with Crippen LogP contribution in [0.25, 0.3) is 0 Å². The van der Waals surface area contributed by atoms with E-state index in [9.17, 15) is 33.7 Å². The van der Waals surface area contributed by atoms with Gasteiger partial charge in [0, 0.05) is 45.8 Å². The van der Waals surface area contributed by atoms with Crippen LogP contribution < -0.4 is 4.72 Å². The minimum absolute atomic E-state index is 0.125. The molecule has 16 heteroatoms. The second kappa shape index (κ2) is 22.8. The number of benzene rings is 4. The average Bonchev–Trinajstić information content (AvgIpc) is 3.15. The van der Waals surface area contributed by atoms with Gasteiger partial charge in [-0.15, -0.1) is 0 Å². The number of sulfonamides is 4. The van der Waals surface area contributed by atoms with Gasteiger partial charge in [-0.1, -0.05) is 77.7 Å². The summed E-state index contributed by atoms with van der Waals surface area (Å²) >= 11 is 0. The number of hydrogen-bond acceptors (Lipinski definition) is 8. The maximum absolute atomic E-state index is 14.6. The molecule has 4 aromatic rings. The van der Waals surface area contributed by atoms with E-state index in [1.54, 1.807) is 62.3 Å². The van der Waals surface area contributed by atoms with E-state index in [4.69, 9.17) is 0 Å². The lowest BCUT2D eigenvalue weighted by Gasteiger charge is -2.27. The van der Waals surface area contributed by atoms with E-state index in [-0.39, 0.29) is 60.5 Å². The second-order valence-corrected chi connectivity index (χ2v) is 25.6. The average molecular weight is 987 g/mol. The highest BCUT2D eigenvalue weighted by Crippen LogP contribution is 2.30. The monoisotopic (exact) mass is 986 g/mol. The van der Waals surface area contributed by atoms with Crippen LogP contribution in [0.3, 0.4) is 0 Å². The van der Waals surface area contributed by atoms with Crippen molar-refractivity contribution in [3.63, 3.8) is 0 Å². The second-order valence-electron chi connectivity index (χ2n) is 18.2. The molecule has 4 rings (SSSR count). The predicted molar refractivity (Wildman–Crippen MR) is 267 cm³/mol. The van der Waals surface area contributed by atoms with Gasteiger partial charge in [-0.25, -0.2) is 38.4 Å². The molecule has 0 atom stereocenters. The molecule has 12 nitrogen and oxygen atoms in total. The van der Waals surface area contributed by atoms with E-state index in [1.165, 1.54) is 12.9 Å². The Morgan fingerprint density at radius 2 is 0.576 bits per heavy atom. The zero-order valence-corrected chi connectivity index (χ0v) is 44.8. The van der Waals surface area contributed by atoms with E-state index in [0.29, 0.717) is 87.9 Å². The van der Waals surface area contributed by atoms with Crippen LogP contribution in [-0.4, -0.2) is 92.4 Å². The van der Waals surface area contributed by atoms with E-state index in [2.05, 4.69) is 4.72 Å². The Bertz CT molecular complexity index is 2750. The van der Waals surface area contributed by atoms with Crippen molar-refractivity contribution in [3.8, 4) is 0 Å². The third-order valence-corrected chi connectivity index (χ3v) is 20.5. The van der Waals surface area contributed by atoms with Crippen molar-refractivity contribution in [2.75, 3.05) is 45.8 Å². The Balaban J connectivity index is 1.53. The van der Waals surface area contributed by atoms with Gasteiger partial charge >= 0.3 is 0 Å². The van der Waals surface area contributed by atoms with E-state index >= 15 is 0 Å². The van der Waals surface area contributed by atoms with Gasteiger partial charge in [-0.2, -0.15) is 12.9 Å². The topological polar surface area (TPSA) is 158 Å². The smallest absolute Gasteiger partial charge is 0.211 e. The molecule has 0 aliphatic rings. The van der Waals surface area contributed by atoms with Crippen molar-refractivity contribution >= 4 is 40.1 Å². The van der Waals surface area contributed by atoms with Crippen molar-refractivity contribution in [2.24, 2.45) is 0 Å². The lowest BCUT2D eigenvalue weighted by Crippen LogP contribution is -2.37. The molecule has 0 aliphatic carbocycles. The standard InChI is InChI=1S/C50H74N4O8S4/c1-14-52(64(57,58)48-41(8)29-36(3)30-42(48)9)22-17-18-24-54(66(61,62)50-45(12)33-38(5)34-46(50)13)26-20-19-25-53(65(59,60)49-43(10)31-37(4)32-44(49)11)23-16-15-21-51-63(55,56)47-39(6)27-35(2)28-40(47)7/h27-34,51H,14-26H2,1-13H3. The molecule has 0 saturated carbocycles. The summed E-state index contributed by atoms with van der Waals surface area (Å²) in [6.07, 6.45) is 2.33. The quantitative estimate of drug-likeness (QED) is 0.0682. The third kappa shape index (κ3) is 13.2. The van der Waals surface area contributed by atoms with Crippen LogP contribution in [0, 0.1) is 83.1 Å². The molecule has 4 aromatic carbocycles. The van der Waals surface area contributed by atoms with Crippen LogP contribution >= 0.6 is 0 Å². The van der Waals surface area contributed by atoms with Gasteiger partial charge in [0.25, 0.3) is 0 Å². The predicted octanol–water partition coefficient (Wildman–Crippen LogP) is 9.10. The van der Waals surface area contributed by atoms with E-state index in [1.807, 2.05) is 76.2 Å². The van der Waals surface area contributed by atoms with Crippen molar-refractivity contribution in [1.29, 1.82) is 0 Å². The number of aryl methyl sites for hydroxylation is 12. The highest BCUT2D eigenvalue weighted by atomic mass is 32.2. The van der Waals surface area contributed by atoms with Crippen LogP contribution in [0.15, 0.2) is 68.1 Å². The summed E-state index contributed by atoms with van der Waals surface area (Å²) in [6, 6.07) is 14.8.